The van der Waals surface area contributed by atoms with Crippen LogP contribution in [0.4, 0.5) is 0 Å². The van der Waals surface area contributed by atoms with Crippen molar-refractivity contribution >= 4 is 0 Å². The molecule has 1 aliphatic rings. The second-order valence-electron chi connectivity index (χ2n) is 8.94. The molecule has 6 heteroatoms. The van der Waals surface area contributed by atoms with Gasteiger partial charge in [-0.05, 0) is 87.5 Å². The minimum absolute atomic E-state index is 0.559. The van der Waals surface area contributed by atoms with Gasteiger partial charge in [0.2, 0.25) is 0 Å². The number of ether oxygens (including phenoxy) is 4. The maximum Gasteiger partial charge on any atom is 0.164 e. The quantitative estimate of drug-likeness (QED) is 0.372. The van der Waals surface area contributed by atoms with Crippen LogP contribution in [0.15, 0.2) is 30.3 Å². The van der Waals surface area contributed by atoms with Crippen LogP contribution < -0.4 is 29.6 Å². The van der Waals surface area contributed by atoms with Crippen molar-refractivity contribution in [3.8, 4) is 23.0 Å². The molecule has 0 radical (unpaired) electrons. The molecule has 0 amide bonds. The third-order valence-electron chi connectivity index (χ3n) is 6.71. The molecule has 2 aromatic rings. The van der Waals surface area contributed by atoms with Crippen molar-refractivity contribution in [2.75, 3.05) is 48.1 Å². The SMILES string of the molecule is COc1ccc(CCNCCCCCCNC2CCc3c(ccc(OC)c3OC)C2)cc1OC. The summed E-state index contributed by atoms with van der Waals surface area (Å²) in [7, 11) is 6.78. The molecule has 6 nitrogen and oxygen atoms in total. The summed E-state index contributed by atoms with van der Waals surface area (Å²) in [6, 6.07) is 10.9. The standard InChI is InChI=1S/C28H42N2O4/c1-31-25-13-9-21(19-27(25)33-3)15-18-29-16-7-5-6-8-17-30-23-11-12-24-22(20-23)10-14-26(32-2)28(24)34-4/h9-10,13-14,19,23,29-30H,5-8,11-12,15-18,20H2,1-4H3. The summed E-state index contributed by atoms with van der Waals surface area (Å²) in [5, 5.41) is 7.33. The van der Waals surface area contributed by atoms with Crippen LogP contribution in [-0.4, -0.2) is 54.1 Å². The molecule has 2 aromatic carbocycles. The number of hydrogen-bond donors (Lipinski definition) is 2. The predicted octanol–water partition coefficient (Wildman–Crippen LogP) is 4.56. The van der Waals surface area contributed by atoms with Crippen molar-refractivity contribution in [3.05, 3.63) is 47.0 Å². The summed E-state index contributed by atoms with van der Waals surface area (Å²) in [5.41, 5.74) is 3.97. The van der Waals surface area contributed by atoms with Gasteiger partial charge in [0.1, 0.15) is 0 Å². The smallest absolute Gasteiger partial charge is 0.164 e. The van der Waals surface area contributed by atoms with Crippen LogP contribution in [0, 0.1) is 0 Å². The number of fused-ring (bicyclic) bond motifs is 1. The molecule has 0 aliphatic heterocycles. The lowest BCUT2D eigenvalue weighted by Crippen LogP contribution is -2.35. The van der Waals surface area contributed by atoms with E-state index in [0.717, 1.165) is 68.3 Å². The maximum atomic E-state index is 5.61. The highest BCUT2D eigenvalue weighted by molar-refractivity contribution is 5.52. The zero-order valence-corrected chi connectivity index (χ0v) is 21.4. The lowest BCUT2D eigenvalue weighted by molar-refractivity contribution is 0.346. The summed E-state index contributed by atoms with van der Waals surface area (Å²) < 4.78 is 21.7. The van der Waals surface area contributed by atoms with Gasteiger partial charge in [-0.15, -0.1) is 0 Å². The molecule has 1 atom stereocenters. The van der Waals surface area contributed by atoms with Crippen molar-refractivity contribution in [2.24, 2.45) is 0 Å². The van der Waals surface area contributed by atoms with E-state index in [0.29, 0.717) is 6.04 Å². The Bertz CT molecular complexity index is 887. The molecule has 188 valence electrons. The predicted molar refractivity (Wildman–Crippen MR) is 138 cm³/mol. The molecule has 0 fully saturated rings. The average molecular weight is 471 g/mol. The van der Waals surface area contributed by atoms with E-state index in [9.17, 15) is 0 Å². The van der Waals surface area contributed by atoms with Gasteiger partial charge in [0, 0.05) is 11.6 Å². The molecule has 1 unspecified atom stereocenters. The molecule has 0 heterocycles. The molecule has 34 heavy (non-hydrogen) atoms. The van der Waals surface area contributed by atoms with Crippen LogP contribution in [0.1, 0.15) is 48.8 Å². The van der Waals surface area contributed by atoms with E-state index >= 15 is 0 Å². The van der Waals surface area contributed by atoms with Crippen molar-refractivity contribution in [3.63, 3.8) is 0 Å². The van der Waals surface area contributed by atoms with Gasteiger partial charge in [0.25, 0.3) is 0 Å². The molecular weight excluding hydrogens is 428 g/mol. The van der Waals surface area contributed by atoms with Crippen LogP contribution in [-0.2, 0) is 19.3 Å². The fourth-order valence-corrected chi connectivity index (χ4v) is 4.79. The van der Waals surface area contributed by atoms with E-state index in [1.807, 2.05) is 12.1 Å². The topological polar surface area (TPSA) is 61.0 Å². The Kier molecular flexibility index (Phi) is 10.8. The molecule has 0 spiro atoms. The van der Waals surface area contributed by atoms with Crippen LogP contribution >= 0.6 is 0 Å². The molecule has 0 bridgehead atoms. The Hall–Kier alpha value is -2.44. The van der Waals surface area contributed by atoms with E-state index in [4.69, 9.17) is 18.9 Å². The Morgan fingerprint density at radius 3 is 2.24 bits per heavy atom. The van der Waals surface area contributed by atoms with Gasteiger partial charge in [-0.2, -0.15) is 0 Å². The summed E-state index contributed by atoms with van der Waals surface area (Å²) >= 11 is 0. The third kappa shape index (κ3) is 7.28. The minimum Gasteiger partial charge on any atom is -0.493 e. The molecule has 2 N–H and O–H groups in total. The van der Waals surface area contributed by atoms with Crippen LogP contribution in [0.25, 0.3) is 0 Å². The molecule has 0 saturated carbocycles. The molecule has 3 rings (SSSR count). The highest BCUT2D eigenvalue weighted by Gasteiger charge is 2.23. The molecule has 1 aliphatic carbocycles. The monoisotopic (exact) mass is 470 g/mol. The van der Waals surface area contributed by atoms with E-state index in [1.54, 1.807) is 28.4 Å². The van der Waals surface area contributed by atoms with Crippen molar-refractivity contribution < 1.29 is 18.9 Å². The summed E-state index contributed by atoms with van der Waals surface area (Å²) in [6.07, 6.45) is 9.27. The fraction of sp³-hybridized carbons (Fsp3) is 0.571. The zero-order valence-electron chi connectivity index (χ0n) is 21.4. The zero-order chi connectivity index (χ0) is 24.2. The number of rotatable bonds is 15. The third-order valence-corrected chi connectivity index (χ3v) is 6.71. The Balaban J connectivity index is 1.23. The normalized spacial score (nSPS) is 15.0. The van der Waals surface area contributed by atoms with Crippen molar-refractivity contribution in [1.29, 1.82) is 0 Å². The molecule has 0 aromatic heterocycles. The second kappa shape index (κ2) is 14.1. The lowest BCUT2D eigenvalue weighted by Gasteiger charge is -2.27. The van der Waals surface area contributed by atoms with Gasteiger partial charge in [-0.3, -0.25) is 0 Å². The Morgan fingerprint density at radius 1 is 0.765 bits per heavy atom. The van der Waals surface area contributed by atoms with E-state index in [-0.39, 0.29) is 0 Å². The fourth-order valence-electron chi connectivity index (χ4n) is 4.79. The number of unbranched alkanes of at least 4 members (excludes halogenated alkanes) is 3. The van der Waals surface area contributed by atoms with Gasteiger partial charge in [-0.1, -0.05) is 25.0 Å². The van der Waals surface area contributed by atoms with E-state index in [2.05, 4.69) is 28.8 Å². The number of nitrogens with one attached hydrogen (secondary N) is 2. The first kappa shape index (κ1) is 26.2. The molecular formula is C28H42N2O4. The van der Waals surface area contributed by atoms with E-state index in [1.165, 1.54) is 42.4 Å². The highest BCUT2D eigenvalue weighted by atomic mass is 16.5. The number of hydrogen-bond acceptors (Lipinski definition) is 6. The summed E-state index contributed by atoms with van der Waals surface area (Å²) in [4.78, 5) is 0. The van der Waals surface area contributed by atoms with Crippen molar-refractivity contribution in [1.82, 2.24) is 10.6 Å². The first-order chi connectivity index (χ1) is 16.7. The second-order valence-corrected chi connectivity index (χ2v) is 8.94. The van der Waals surface area contributed by atoms with Crippen LogP contribution in [0.5, 0.6) is 23.0 Å². The minimum atomic E-state index is 0.559. The first-order valence-electron chi connectivity index (χ1n) is 12.6. The Labute approximate surface area is 205 Å². The average Bonchev–Trinajstić information content (AvgIpc) is 2.88. The van der Waals surface area contributed by atoms with Gasteiger partial charge in [-0.25, -0.2) is 0 Å². The van der Waals surface area contributed by atoms with Gasteiger partial charge in [0.05, 0.1) is 28.4 Å². The van der Waals surface area contributed by atoms with Crippen LogP contribution in [0.3, 0.4) is 0 Å². The van der Waals surface area contributed by atoms with Crippen molar-refractivity contribution in [2.45, 2.75) is 57.4 Å². The van der Waals surface area contributed by atoms with Crippen LogP contribution in [0.2, 0.25) is 0 Å². The number of benzene rings is 2. The highest BCUT2D eigenvalue weighted by Crippen LogP contribution is 2.37. The Morgan fingerprint density at radius 2 is 1.50 bits per heavy atom. The molecule has 0 saturated heterocycles. The van der Waals surface area contributed by atoms with Gasteiger partial charge in [0.15, 0.2) is 23.0 Å². The largest absolute Gasteiger partial charge is 0.493 e. The van der Waals surface area contributed by atoms with Gasteiger partial charge < -0.3 is 29.6 Å². The van der Waals surface area contributed by atoms with E-state index < -0.39 is 0 Å². The van der Waals surface area contributed by atoms with Gasteiger partial charge >= 0.3 is 0 Å². The number of methoxy groups -OCH3 is 4. The maximum absolute atomic E-state index is 5.61. The lowest BCUT2D eigenvalue weighted by atomic mass is 9.87. The summed E-state index contributed by atoms with van der Waals surface area (Å²) in [6.45, 7) is 3.16. The summed E-state index contributed by atoms with van der Waals surface area (Å²) in [5.74, 6) is 3.33. The first-order valence-corrected chi connectivity index (χ1v) is 12.6.